The molecule has 0 spiro atoms. The van der Waals surface area contributed by atoms with Crippen molar-refractivity contribution in [2.24, 2.45) is 0 Å². The summed E-state index contributed by atoms with van der Waals surface area (Å²) in [5, 5.41) is 13.9. The van der Waals surface area contributed by atoms with Gasteiger partial charge in [-0.05, 0) is 54.3 Å². The van der Waals surface area contributed by atoms with E-state index in [9.17, 15) is 5.11 Å². The zero-order chi connectivity index (χ0) is 21.3. The highest BCUT2D eigenvalue weighted by Crippen LogP contribution is 2.26. The first-order chi connectivity index (χ1) is 14.5. The van der Waals surface area contributed by atoms with Gasteiger partial charge in [0.1, 0.15) is 18.1 Å². The van der Waals surface area contributed by atoms with E-state index in [2.05, 4.69) is 24.4 Å². The number of nitrogens with one attached hydrogen (secondary N) is 1. The molecular formula is C25H30N2O3. The molecule has 0 unspecified atom stereocenters. The quantitative estimate of drug-likeness (QED) is 0.442. The average Bonchev–Trinajstić information content (AvgIpc) is 2.78. The highest BCUT2D eigenvalue weighted by atomic mass is 16.5. The first-order valence-corrected chi connectivity index (χ1v) is 10.2. The minimum Gasteiger partial charge on any atom is -0.497 e. The van der Waals surface area contributed by atoms with Crippen LogP contribution < -0.4 is 20.5 Å². The molecule has 5 nitrogen and oxygen atoms in total. The lowest BCUT2D eigenvalue weighted by molar-refractivity contribution is 0.170. The molecule has 0 bridgehead atoms. The smallest absolute Gasteiger partial charge is 0.142 e. The summed E-state index contributed by atoms with van der Waals surface area (Å²) < 4.78 is 11.0. The van der Waals surface area contributed by atoms with Gasteiger partial charge in [0.2, 0.25) is 0 Å². The van der Waals surface area contributed by atoms with E-state index in [4.69, 9.17) is 15.2 Å². The molecule has 0 aliphatic heterocycles. The van der Waals surface area contributed by atoms with Gasteiger partial charge in [0.15, 0.2) is 0 Å². The number of nitrogens with two attached hydrogens (primary N) is 1. The molecule has 0 heterocycles. The van der Waals surface area contributed by atoms with Crippen LogP contribution in [0.1, 0.15) is 29.7 Å². The van der Waals surface area contributed by atoms with E-state index < -0.39 is 6.10 Å². The van der Waals surface area contributed by atoms with E-state index in [1.165, 1.54) is 5.56 Å². The van der Waals surface area contributed by atoms with Crippen LogP contribution in [0.2, 0.25) is 0 Å². The number of ether oxygens (including phenoxy) is 2. The molecule has 2 atom stereocenters. The Morgan fingerprint density at radius 3 is 2.37 bits per heavy atom. The number of hydrogen-bond donors (Lipinski definition) is 3. The number of aliphatic hydroxyl groups excluding tert-OH is 1. The predicted octanol–water partition coefficient (Wildman–Crippen LogP) is 4.11. The molecular weight excluding hydrogens is 376 g/mol. The van der Waals surface area contributed by atoms with Crippen molar-refractivity contribution in [2.75, 3.05) is 19.4 Å². The van der Waals surface area contributed by atoms with Crippen molar-refractivity contribution in [1.29, 1.82) is 0 Å². The standard InChI is InChI=1S/C25H30N2O3/c1-18(14-19-8-11-22(29-2)12-9-19)27-16-24(28)21-10-13-25(23(26)15-21)30-17-20-6-4-3-5-7-20/h3-13,15,18,24,27-28H,14,16-17,26H2,1-2H3/t18-,24+/m1/s1. The van der Waals surface area contributed by atoms with Crippen molar-refractivity contribution in [1.82, 2.24) is 5.32 Å². The lowest BCUT2D eigenvalue weighted by Gasteiger charge is -2.18. The van der Waals surface area contributed by atoms with Gasteiger partial charge in [-0.25, -0.2) is 0 Å². The number of benzene rings is 3. The molecule has 3 aromatic rings. The van der Waals surface area contributed by atoms with Crippen molar-refractivity contribution in [3.05, 3.63) is 89.5 Å². The molecule has 0 saturated carbocycles. The van der Waals surface area contributed by atoms with Crippen LogP contribution in [0.4, 0.5) is 5.69 Å². The second kappa shape index (κ2) is 10.7. The van der Waals surface area contributed by atoms with Gasteiger partial charge in [0.05, 0.1) is 18.9 Å². The number of hydrogen-bond acceptors (Lipinski definition) is 5. The van der Waals surface area contributed by atoms with Gasteiger partial charge in [0.25, 0.3) is 0 Å². The van der Waals surface area contributed by atoms with E-state index in [1.807, 2.05) is 54.6 Å². The maximum atomic E-state index is 10.6. The number of methoxy groups -OCH3 is 1. The van der Waals surface area contributed by atoms with Gasteiger partial charge in [-0.3, -0.25) is 0 Å². The van der Waals surface area contributed by atoms with E-state index in [-0.39, 0.29) is 6.04 Å². The number of anilines is 1. The second-order valence-corrected chi connectivity index (χ2v) is 7.45. The van der Waals surface area contributed by atoms with Gasteiger partial charge < -0.3 is 25.6 Å². The molecule has 4 N–H and O–H groups in total. The summed E-state index contributed by atoms with van der Waals surface area (Å²) in [4.78, 5) is 0. The van der Waals surface area contributed by atoms with Gasteiger partial charge in [0, 0.05) is 12.6 Å². The summed E-state index contributed by atoms with van der Waals surface area (Å²) >= 11 is 0. The third-order valence-corrected chi connectivity index (χ3v) is 5.02. The molecule has 30 heavy (non-hydrogen) atoms. The maximum Gasteiger partial charge on any atom is 0.142 e. The summed E-state index contributed by atoms with van der Waals surface area (Å²) in [6, 6.07) is 23.6. The van der Waals surface area contributed by atoms with Crippen molar-refractivity contribution in [2.45, 2.75) is 32.1 Å². The molecule has 3 aromatic carbocycles. The Labute approximate surface area is 178 Å². The molecule has 0 fully saturated rings. The molecule has 0 aliphatic rings. The van der Waals surface area contributed by atoms with Crippen molar-refractivity contribution < 1.29 is 14.6 Å². The summed E-state index contributed by atoms with van der Waals surface area (Å²) in [7, 11) is 1.66. The van der Waals surface area contributed by atoms with Crippen LogP contribution in [-0.4, -0.2) is 24.8 Å². The zero-order valence-corrected chi connectivity index (χ0v) is 17.5. The number of rotatable bonds is 10. The van der Waals surface area contributed by atoms with Crippen LogP contribution >= 0.6 is 0 Å². The van der Waals surface area contributed by atoms with Crippen LogP contribution in [-0.2, 0) is 13.0 Å². The van der Waals surface area contributed by atoms with Gasteiger partial charge >= 0.3 is 0 Å². The van der Waals surface area contributed by atoms with E-state index in [0.717, 1.165) is 23.3 Å². The molecule has 3 rings (SSSR count). The lowest BCUT2D eigenvalue weighted by atomic mass is 10.1. The summed E-state index contributed by atoms with van der Waals surface area (Å²) in [5.41, 5.74) is 9.72. The van der Waals surface area contributed by atoms with E-state index in [0.29, 0.717) is 24.6 Å². The lowest BCUT2D eigenvalue weighted by Crippen LogP contribution is -2.32. The van der Waals surface area contributed by atoms with Gasteiger partial charge in [-0.2, -0.15) is 0 Å². The third-order valence-electron chi connectivity index (χ3n) is 5.02. The Morgan fingerprint density at radius 2 is 1.70 bits per heavy atom. The summed E-state index contributed by atoms with van der Waals surface area (Å²) in [6.07, 6.45) is 0.222. The molecule has 0 aromatic heterocycles. The fourth-order valence-corrected chi connectivity index (χ4v) is 3.26. The normalized spacial score (nSPS) is 12.9. The number of aliphatic hydroxyl groups is 1. The highest BCUT2D eigenvalue weighted by molar-refractivity contribution is 5.54. The summed E-state index contributed by atoms with van der Waals surface area (Å²) in [6.45, 7) is 3.00. The van der Waals surface area contributed by atoms with Crippen molar-refractivity contribution >= 4 is 5.69 Å². The molecule has 0 amide bonds. The Bertz CT molecular complexity index is 913. The molecule has 158 valence electrons. The molecule has 0 saturated heterocycles. The minimum atomic E-state index is -0.645. The highest BCUT2D eigenvalue weighted by Gasteiger charge is 2.12. The molecule has 0 aliphatic carbocycles. The first-order valence-electron chi connectivity index (χ1n) is 10.2. The van der Waals surface area contributed by atoms with Crippen LogP contribution in [0.25, 0.3) is 0 Å². The largest absolute Gasteiger partial charge is 0.497 e. The molecule has 5 heteroatoms. The fraction of sp³-hybridized carbons (Fsp3) is 0.280. The van der Waals surface area contributed by atoms with Crippen molar-refractivity contribution in [3.8, 4) is 11.5 Å². The van der Waals surface area contributed by atoms with Gasteiger partial charge in [-0.15, -0.1) is 0 Å². The van der Waals surface area contributed by atoms with Crippen LogP contribution in [0.15, 0.2) is 72.8 Å². The Hall–Kier alpha value is -3.02. The second-order valence-electron chi connectivity index (χ2n) is 7.45. The zero-order valence-electron chi connectivity index (χ0n) is 17.5. The van der Waals surface area contributed by atoms with Crippen LogP contribution in [0.3, 0.4) is 0 Å². The van der Waals surface area contributed by atoms with Crippen LogP contribution in [0.5, 0.6) is 11.5 Å². The minimum absolute atomic E-state index is 0.221. The maximum absolute atomic E-state index is 10.6. The van der Waals surface area contributed by atoms with E-state index in [1.54, 1.807) is 13.2 Å². The van der Waals surface area contributed by atoms with Crippen molar-refractivity contribution in [3.63, 3.8) is 0 Å². The van der Waals surface area contributed by atoms with Gasteiger partial charge in [-0.1, -0.05) is 48.5 Å². The first kappa shape index (κ1) is 21.7. The molecule has 0 radical (unpaired) electrons. The van der Waals surface area contributed by atoms with E-state index >= 15 is 0 Å². The SMILES string of the molecule is COc1ccc(C[C@@H](C)NC[C@H](O)c2ccc(OCc3ccccc3)c(N)c2)cc1. The van der Waals surface area contributed by atoms with Crippen LogP contribution in [0, 0.1) is 0 Å². The Kier molecular flexibility index (Phi) is 7.71. The number of nitrogen functional groups attached to an aromatic ring is 1. The Balaban J connectivity index is 1.49. The fourth-order valence-electron chi connectivity index (χ4n) is 3.26. The summed E-state index contributed by atoms with van der Waals surface area (Å²) in [5.74, 6) is 1.47. The Morgan fingerprint density at radius 1 is 0.967 bits per heavy atom. The topological polar surface area (TPSA) is 76.7 Å². The monoisotopic (exact) mass is 406 g/mol. The third kappa shape index (κ3) is 6.24. The predicted molar refractivity (Wildman–Crippen MR) is 121 cm³/mol. The average molecular weight is 407 g/mol.